The molecule has 0 bridgehead atoms. The number of hydrogen-bond acceptors (Lipinski definition) is 7. The summed E-state index contributed by atoms with van der Waals surface area (Å²) < 4.78 is 5.90. The lowest BCUT2D eigenvalue weighted by atomic mass is 9.85. The smallest absolute Gasteiger partial charge is 0.316 e. The van der Waals surface area contributed by atoms with Crippen LogP contribution in [0.25, 0.3) is 34.0 Å². The standard InChI is InChI=1S/C25H23ClN6O3/c26-19-3-1-2-16(11-19)23-30-24(32-31-23)17-6-9-21(27-12-17)18-13-28-25(29-14-18)35-20-7-4-15(5-8-20)10-22(33)34/h1-3,6,9,11-15,20H,4-5,7-8,10H2,(H,33,34)(H,30,31,32)/t15-,20+. The molecule has 2 N–H and O–H groups in total. The maximum Gasteiger partial charge on any atom is 0.316 e. The van der Waals surface area contributed by atoms with E-state index >= 15 is 0 Å². The fourth-order valence-electron chi connectivity index (χ4n) is 4.22. The van der Waals surface area contributed by atoms with Crippen LogP contribution in [-0.4, -0.2) is 47.3 Å². The summed E-state index contributed by atoms with van der Waals surface area (Å²) in [5, 5.41) is 18.0. The van der Waals surface area contributed by atoms with Crippen molar-refractivity contribution in [1.29, 1.82) is 0 Å². The lowest BCUT2D eigenvalue weighted by molar-refractivity contribution is -0.138. The minimum atomic E-state index is -0.738. The van der Waals surface area contributed by atoms with E-state index in [9.17, 15) is 4.79 Å². The summed E-state index contributed by atoms with van der Waals surface area (Å²) in [6, 6.07) is 11.5. The third-order valence-corrected chi connectivity index (χ3v) is 6.31. The van der Waals surface area contributed by atoms with E-state index in [1.807, 2.05) is 36.4 Å². The molecule has 35 heavy (non-hydrogen) atoms. The van der Waals surface area contributed by atoms with Gasteiger partial charge in [-0.1, -0.05) is 23.7 Å². The molecule has 1 aliphatic carbocycles. The molecular formula is C25H23ClN6O3. The van der Waals surface area contributed by atoms with E-state index in [0.717, 1.165) is 48.1 Å². The molecule has 0 spiro atoms. The van der Waals surface area contributed by atoms with Gasteiger partial charge in [0.05, 0.1) is 5.69 Å². The van der Waals surface area contributed by atoms with E-state index in [4.69, 9.17) is 21.4 Å². The van der Waals surface area contributed by atoms with Gasteiger partial charge in [0.15, 0.2) is 11.6 Å². The zero-order valence-electron chi connectivity index (χ0n) is 18.8. The van der Waals surface area contributed by atoms with Gasteiger partial charge in [-0.05, 0) is 55.9 Å². The van der Waals surface area contributed by atoms with E-state index < -0.39 is 5.97 Å². The van der Waals surface area contributed by atoms with Gasteiger partial charge in [-0.15, -0.1) is 10.2 Å². The number of carboxylic acid groups (broad SMARTS) is 1. The number of aromatic nitrogens is 6. The second-order valence-corrected chi connectivity index (χ2v) is 9.01. The molecule has 3 heterocycles. The van der Waals surface area contributed by atoms with Crippen LogP contribution in [0.3, 0.4) is 0 Å². The summed E-state index contributed by atoms with van der Waals surface area (Å²) >= 11 is 6.06. The van der Waals surface area contributed by atoms with Crippen molar-refractivity contribution in [3.63, 3.8) is 0 Å². The Morgan fingerprint density at radius 3 is 2.31 bits per heavy atom. The van der Waals surface area contributed by atoms with Crippen molar-refractivity contribution in [2.45, 2.75) is 38.2 Å². The Morgan fingerprint density at radius 2 is 1.66 bits per heavy atom. The van der Waals surface area contributed by atoms with E-state index in [0.29, 0.717) is 22.7 Å². The van der Waals surface area contributed by atoms with Crippen LogP contribution in [0, 0.1) is 5.92 Å². The molecule has 1 aliphatic rings. The van der Waals surface area contributed by atoms with E-state index in [1.165, 1.54) is 0 Å². The quantitative estimate of drug-likeness (QED) is 0.368. The van der Waals surface area contributed by atoms with Crippen molar-refractivity contribution in [2.24, 2.45) is 5.92 Å². The van der Waals surface area contributed by atoms with Crippen molar-refractivity contribution in [3.05, 3.63) is 60.0 Å². The Hall–Kier alpha value is -3.85. The highest BCUT2D eigenvalue weighted by atomic mass is 35.5. The second-order valence-electron chi connectivity index (χ2n) is 8.58. The highest BCUT2D eigenvalue weighted by Crippen LogP contribution is 2.29. The van der Waals surface area contributed by atoms with Gasteiger partial charge >= 0.3 is 12.0 Å². The van der Waals surface area contributed by atoms with Gasteiger partial charge in [0, 0.05) is 46.7 Å². The fourth-order valence-corrected chi connectivity index (χ4v) is 4.41. The molecule has 1 fully saturated rings. The largest absolute Gasteiger partial charge is 0.481 e. The molecule has 0 amide bonds. The molecule has 3 aromatic heterocycles. The van der Waals surface area contributed by atoms with Crippen LogP contribution in [0.2, 0.25) is 5.02 Å². The van der Waals surface area contributed by atoms with Crippen LogP contribution < -0.4 is 4.74 Å². The third kappa shape index (κ3) is 5.63. The second kappa shape index (κ2) is 10.2. The zero-order chi connectivity index (χ0) is 24.2. The number of rotatable bonds is 7. The fraction of sp³-hybridized carbons (Fsp3) is 0.280. The van der Waals surface area contributed by atoms with Gasteiger partial charge in [0.2, 0.25) is 0 Å². The first-order chi connectivity index (χ1) is 17.0. The molecule has 0 atom stereocenters. The van der Waals surface area contributed by atoms with Crippen molar-refractivity contribution >= 4 is 17.6 Å². The van der Waals surface area contributed by atoms with Gasteiger partial charge in [-0.2, -0.15) is 0 Å². The Labute approximate surface area is 206 Å². The number of aromatic amines is 1. The predicted octanol–water partition coefficient (Wildman–Crippen LogP) is 5.06. The van der Waals surface area contributed by atoms with Gasteiger partial charge in [-0.25, -0.2) is 9.97 Å². The summed E-state index contributed by atoms with van der Waals surface area (Å²) in [6.07, 6.45) is 8.65. The molecule has 0 aliphatic heterocycles. The van der Waals surface area contributed by atoms with Crippen molar-refractivity contribution in [1.82, 2.24) is 30.1 Å². The van der Waals surface area contributed by atoms with Gasteiger partial charge < -0.3 is 14.8 Å². The maximum atomic E-state index is 10.9. The highest BCUT2D eigenvalue weighted by Gasteiger charge is 2.24. The minimum absolute atomic E-state index is 0.0158. The predicted molar refractivity (Wildman–Crippen MR) is 130 cm³/mol. The Kier molecular flexibility index (Phi) is 6.67. The van der Waals surface area contributed by atoms with E-state index in [-0.39, 0.29) is 18.4 Å². The summed E-state index contributed by atoms with van der Waals surface area (Å²) in [5.74, 6) is 0.728. The summed E-state index contributed by atoms with van der Waals surface area (Å²) in [5.41, 5.74) is 3.15. The molecular weight excluding hydrogens is 468 g/mol. The Balaban J connectivity index is 1.20. The topological polar surface area (TPSA) is 127 Å². The molecule has 0 radical (unpaired) electrons. The summed E-state index contributed by atoms with van der Waals surface area (Å²) in [6.45, 7) is 0. The number of carbonyl (C=O) groups is 1. The van der Waals surface area contributed by atoms with Crippen LogP contribution >= 0.6 is 11.6 Å². The molecule has 4 aromatic rings. The Morgan fingerprint density at radius 1 is 0.943 bits per heavy atom. The first-order valence-electron chi connectivity index (χ1n) is 11.4. The van der Waals surface area contributed by atoms with Gasteiger partial charge in [0.25, 0.3) is 0 Å². The zero-order valence-corrected chi connectivity index (χ0v) is 19.5. The SMILES string of the molecule is O=C(O)C[C@H]1CC[C@@H](Oc2ncc(-c3ccc(-c4nnc(-c5cccc(Cl)c5)[nH]4)cn3)cn2)CC1. The highest BCUT2D eigenvalue weighted by molar-refractivity contribution is 6.30. The van der Waals surface area contributed by atoms with Gasteiger partial charge in [0.1, 0.15) is 6.10 Å². The lowest BCUT2D eigenvalue weighted by Gasteiger charge is -2.27. The van der Waals surface area contributed by atoms with E-state index in [2.05, 4.69) is 30.1 Å². The number of H-pyrrole nitrogens is 1. The number of nitrogens with zero attached hydrogens (tertiary/aromatic N) is 5. The monoisotopic (exact) mass is 490 g/mol. The van der Waals surface area contributed by atoms with Crippen molar-refractivity contribution in [2.75, 3.05) is 0 Å². The molecule has 10 heteroatoms. The number of aliphatic carboxylic acids is 1. The normalized spacial score (nSPS) is 17.7. The first kappa shape index (κ1) is 22.9. The average Bonchev–Trinajstić information content (AvgIpc) is 3.36. The number of pyridine rings is 1. The summed E-state index contributed by atoms with van der Waals surface area (Å²) in [4.78, 5) is 27.3. The van der Waals surface area contributed by atoms with E-state index in [1.54, 1.807) is 18.6 Å². The molecule has 0 unspecified atom stereocenters. The lowest BCUT2D eigenvalue weighted by Crippen LogP contribution is -2.25. The molecule has 178 valence electrons. The number of hydrogen-bond donors (Lipinski definition) is 2. The van der Waals surface area contributed by atoms with Crippen molar-refractivity contribution < 1.29 is 14.6 Å². The number of ether oxygens (including phenoxy) is 1. The van der Waals surface area contributed by atoms with Crippen molar-refractivity contribution in [3.8, 4) is 40.0 Å². The molecule has 1 aromatic carbocycles. The van der Waals surface area contributed by atoms with Crippen LogP contribution in [0.5, 0.6) is 6.01 Å². The summed E-state index contributed by atoms with van der Waals surface area (Å²) in [7, 11) is 0. The number of benzene rings is 1. The molecule has 5 rings (SSSR count). The molecule has 0 saturated heterocycles. The molecule has 1 saturated carbocycles. The van der Waals surface area contributed by atoms with Crippen LogP contribution in [0.15, 0.2) is 55.0 Å². The van der Waals surface area contributed by atoms with Gasteiger partial charge in [-0.3, -0.25) is 9.78 Å². The Bertz CT molecular complexity index is 1300. The average molecular weight is 491 g/mol. The maximum absolute atomic E-state index is 10.9. The number of nitrogens with one attached hydrogen (secondary N) is 1. The minimum Gasteiger partial charge on any atom is -0.481 e. The molecule has 9 nitrogen and oxygen atoms in total. The van der Waals surface area contributed by atoms with Crippen LogP contribution in [0.1, 0.15) is 32.1 Å². The van der Waals surface area contributed by atoms with Crippen LogP contribution in [-0.2, 0) is 4.79 Å². The van der Waals surface area contributed by atoms with Crippen LogP contribution in [0.4, 0.5) is 0 Å². The number of carboxylic acids is 1. The first-order valence-corrected chi connectivity index (χ1v) is 11.8. The number of halogens is 1. The third-order valence-electron chi connectivity index (χ3n) is 6.07.